The van der Waals surface area contributed by atoms with Crippen molar-refractivity contribution in [2.75, 3.05) is 26.8 Å². The summed E-state index contributed by atoms with van der Waals surface area (Å²) in [4.78, 5) is 1.30. The Hall–Kier alpha value is -1.01. The van der Waals surface area contributed by atoms with E-state index >= 15 is 0 Å². The first-order valence-corrected chi connectivity index (χ1v) is 10.2. The fourth-order valence-corrected chi connectivity index (χ4v) is 4.97. The van der Waals surface area contributed by atoms with Crippen LogP contribution in [0.5, 0.6) is 0 Å². The molecule has 0 spiro atoms. The topological polar surface area (TPSA) is 30.3 Å². The monoisotopic (exact) mass is 393 g/mol. The summed E-state index contributed by atoms with van der Waals surface area (Å²) < 4.78 is 10.1. The third-order valence-corrected chi connectivity index (χ3v) is 7.04. The summed E-state index contributed by atoms with van der Waals surface area (Å²) in [5.74, 6) is 0. The fourth-order valence-electron chi connectivity index (χ4n) is 3.78. The Morgan fingerprint density at radius 2 is 1.85 bits per heavy atom. The van der Waals surface area contributed by atoms with Gasteiger partial charge in [0.2, 0.25) is 0 Å². The van der Waals surface area contributed by atoms with Gasteiger partial charge in [0.05, 0.1) is 22.9 Å². The van der Waals surface area contributed by atoms with E-state index in [-0.39, 0.29) is 5.41 Å². The zero-order valence-electron chi connectivity index (χ0n) is 16.1. The maximum absolute atomic E-state index is 6.03. The van der Waals surface area contributed by atoms with Crippen molar-refractivity contribution < 1.29 is 4.74 Å². The molecule has 0 unspecified atom stereocenters. The molecule has 1 aromatic carbocycles. The maximum Gasteiger partial charge on any atom is 0.0745 e. The zero-order chi connectivity index (χ0) is 18.7. The number of halogens is 1. The average molecular weight is 394 g/mol. The molecule has 6 heteroatoms. The minimum Gasteiger partial charge on any atom is -0.384 e. The molecule has 1 fully saturated rings. The molecule has 0 aliphatic carbocycles. The van der Waals surface area contributed by atoms with Gasteiger partial charge < -0.3 is 4.74 Å². The molecule has 142 valence electrons. The number of rotatable bonds is 6. The molecule has 0 saturated carbocycles. The molecule has 1 saturated heterocycles. The van der Waals surface area contributed by atoms with Crippen molar-refractivity contribution >= 4 is 23.5 Å². The second-order valence-corrected chi connectivity index (χ2v) is 8.92. The van der Waals surface area contributed by atoms with Crippen LogP contribution in [0.1, 0.15) is 29.8 Å². The van der Waals surface area contributed by atoms with E-state index in [1.807, 2.05) is 42.9 Å². The molecule has 2 aromatic rings. The Bertz CT molecular complexity index is 736. The van der Waals surface area contributed by atoms with E-state index in [2.05, 4.69) is 35.4 Å². The van der Waals surface area contributed by atoms with Crippen LogP contribution >= 0.6 is 23.5 Å². The molecule has 0 amide bonds. The number of aromatic nitrogens is 2. The zero-order valence-corrected chi connectivity index (χ0v) is 17.7. The number of aryl methyl sites for hydroxylation is 2. The SMILES string of the molecule is COCC1(Cc2ccc(Cl)cc2)CCN(Sc2c(C)nn(C)c2C)CC1. The molecule has 0 bridgehead atoms. The van der Waals surface area contributed by atoms with Crippen LogP contribution in [0.25, 0.3) is 0 Å². The Labute approximate surface area is 166 Å². The van der Waals surface area contributed by atoms with Crippen LogP contribution in [0.4, 0.5) is 0 Å². The number of hydrogen-bond donors (Lipinski definition) is 0. The molecule has 4 nitrogen and oxygen atoms in total. The van der Waals surface area contributed by atoms with Gasteiger partial charge in [-0.25, -0.2) is 4.31 Å². The molecule has 0 radical (unpaired) electrons. The molecular formula is C20H28ClN3OS. The van der Waals surface area contributed by atoms with Crippen LogP contribution in [-0.2, 0) is 18.2 Å². The lowest BCUT2D eigenvalue weighted by Crippen LogP contribution is -2.41. The quantitative estimate of drug-likeness (QED) is 0.667. The Morgan fingerprint density at radius 3 is 2.38 bits per heavy atom. The Morgan fingerprint density at radius 1 is 1.19 bits per heavy atom. The van der Waals surface area contributed by atoms with Crippen molar-refractivity contribution in [3.8, 4) is 0 Å². The molecule has 1 aromatic heterocycles. The van der Waals surface area contributed by atoms with Gasteiger partial charge in [-0.3, -0.25) is 4.68 Å². The molecule has 2 heterocycles. The highest BCUT2D eigenvalue weighted by atomic mass is 35.5. The molecule has 0 atom stereocenters. The van der Waals surface area contributed by atoms with E-state index in [1.165, 1.54) is 16.2 Å². The third kappa shape index (κ3) is 4.45. The fraction of sp³-hybridized carbons (Fsp3) is 0.550. The van der Waals surface area contributed by atoms with Gasteiger partial charge in [0.15, 0.2) is 0 Å². The van der Waals surface area contributed by atoms with Crippen LogP contribution in [0, 0.1) is 19.3 Å². The van der Waals surface area contributed by atoms with E-state index < -0.39 is 0 Å². The first-order chi connectivity index (χ1) is 12.4. The molecule has 1 aliphatic heterocycles. The second kappa shape index (κ2) is 8.34. The Kier molecular flexibility index (Phi) is 6.33. The highest BCUT2D eigenvalue weighted by Gasteiger charge is 2.35. The van der Waals surface area contributed by atoms with Gasteiger partial charge in [0.1, 0.15) is 0 Å². The number of benzene rings is 1. The van der Waals surface area contributed by atoms with Crippen LogP contribution in [0.15, 0.2) is 29.2 Å². The van der Waals surface area contributed by atoms with Crippen molar-refractivity contribution in [2.24, 2.45) is 12.5 Å². The highest BCUT2D eigenvalue weighted by molar-refractivity contribution is 7.97. The first kappa shape index (κ1) is 19.7. The second-order valence-electron chi connectivity index (χ2n) is 7.38. The van der Waals surface area contributed by atoms with E-state index in [0.717, 1.165) is 49.7 Å². The van der Waals surface area contributed by atoms with Crippen molar-refractivity contribution in [3.63, 3.8) is 0 Å². The maximum atomic E-state index is 6.03. The van der Waals surface area contributed by atoms with Crippen LogP contribution < -0.4 is 0 Å². The molecular weight excluding hydrogens is 366 g/mol. The summed E-state index contributed by atoms with van der Waals surface area (Å²) in [6.45, 7) is 7.17. The van der Waals surface area contributed by atoms with Crippen LogP contribution in [0.2, 0.25) is 5.02 Å². The average Bonchev–Trinajstić information content (AvgIpc) is 2.85. The summed E-state index contributed by atoms with van der Waals surface area (Å²) in [5.41, 5.74) is 3.90. The van der Waals surface area contributed by atoms with Crippen molar-refractivity contribution in [3.05, 3.63) is 46.2 Å². The van der Waals surface area contributed by atoms with Gasteiger partial charge >= 0.3 is 0 Å². The largest absolute Gasteiger partial charge is 0.384 e. The number of nitrogens with zero attached hydrogens (tertiary/aromatic N) is 3. The summed E-state index contributed by atoms with van der Waals surface area (Å²) in [6.07, 6.45) is 3.31. The smallest absolute Gasteiger partial charge is 0.0745 e. The summed E-state index contributed by atoms with van der Waals surface area (Å²) in [5, 5.41) is 5.33. The predicted octanol–water partition coefficient (Wildman–Crippen LogP) is 4.67. The summed E-state index contributed by atoms with van der Waals surface area (Å²) in [7, 11) is 3.82. The number of piperidine rings is 1. The van der Waals surface area contributed by atoms with Gasteiger partial charge in [-0.1, -0.05) is 23.7 Å². The van der Waals surface area contributed by atoms with Gasteiger partial charge in [0, 0.05) is 37.7 Å². The molecule has 0 N–H and O–H groups in total. The number of ether oxygens (including phenoxy) is 1. The van der Waals surface area contributed by atoms with Gasteiger partial charge in [-0.05, 0) is 62.8 Å². The van der Waals surface area contributed by atoms with Crippen molar-refractivity contribution in [1.82, 2.24) is 14.1 Å². The van der Waals surface area contributed by atoms with E-state index in [1.54, 1.807) is 0 Å². The minimum atomic E-state index is 0.207. The van der Waals surface area contributed by atoms with Gasteiger partial charge in [0.25, 0.3) is 0 Å². The van der Waals surface area contributed by atoms with Crippen LogP contribution in [0.3, 0.4) is 0 Å². The Balaban J connectivity index is 1.66. The predicted molar refractivity (Wildman–Crippen MR) is 109 cm³/mol. The third-order valence-electron chi connectivity index (χ3n) is 5.39. The lowest BCUT2D eigenvalue weighted by molar-refractivity contribution is 0.0409. The molecule has 26 heavy (non-hydrogen) atoms. The van der Waals surface area contributed by atoms with E-state index in [9.17, 15) is 0 Å². The lowest BCUT2D eigenvalue weighted by Gasteiger charge is -2.41. The number of hydrogen-bond acceptors (Lipinski definition) is 4. The summed E-state index contributed by atoms with van der Waals surface area (Å²) in [6, 6.07) is 8.25. The highest BCUT2D eigenvalue weighted by Crippen LogP contribution is 2.39. The van der Waals surface area contributed by atoms with Crippen LogP contribution in [-0.4, -0.2) is 40.9 Å². The van der Waals surface area contributed by atoms with Gasteiger partial charge in [-0.2, -0.15) is 5.10 Å². The minimum absolute atomic E-state index is 0.207. The number of methoxy groups -OCH3 is 1. The van der Waals surface area contributed by atoms with Crippen molar-refractivity contribution in [1.29, 1.82) is 0 Å². The van der Waals surface area contributed by atoms with Gasteiger partial charge in [-0.15, -0.1) is 0 Å². The van der Waals surface area contributed by atoms with E-state index in [4.69, 9.17) is 16.3 Å². The normalized spacial score (nSPS) is 17.6. The van der Waals surface area contributed by atoms with Crippen molar-refractivity contribution in [2.45, 2.75) is 38.0 Å². The molecule has 3 rings (SSSR count). The lowest BCUT2D eigenvalue weighted by atomic mass is 9.75. The first-order valence-electron chi connectivity index (χ1n) is 9.09. The van der Waals surface area contributed by atoms with E-state index in [0.29, 0.717) is 0 Å². The summed E-state index contributed by atoms with van der Waals surface area (Å²) >= 11 is 7.89. The molecule has 1 aliphatic rings. The standard InChI is InChI=1S/C20H28ClN3OS/c1-15-19(16(2)23(3)22-15)26-24-11-9-20(10-12-24,14-25-4)13-17-5-7-18(21)8-6-17/h5-8H,9-14H2,1-4H3.